The molecular weight excluding hydrogens is 242 g/mol. The number of carbonyl (C=O) groups is 2. The maximum atomic E-state index is 12.1. The third-order valence-electron chi connectivity index (χ3n) is 2.48. The summed E-state index contributed by atoms with van der Waals surface area (Å²) in [7, 11) is -3.74. The number of rotatable bonds is 2. The zero-order valence-electron chi connectivity index (χ0n) is 9.00. The normalized spacial score (nSPS) is 18.4. The number of nitrogens with zero attached hydrogens (tertiary/aromatic N) is 1. The van der Waals surface area contributed by atoms with Crippen molar-refractivity contribution in [3.05, 3.63) is 30.3 Å². The minimum absolute atomic E-state index is 0.0995. The summed E-state index contributed by atoms with van der Waals surface area (Å²) in [6.07, 6.45) is -0.166. The van der Waals surface area contributed by atoms with Crippen molar-refractivity contribution < 1.29 is 18.0 Å². The zero-order chi connectivity index (χ0) is 12.5. The minimum atomic E-state index is -3.74. The zero-order valence-corrected chi connectivity index (χ0v) is 9.81. The van der Waals surface area contributed by atoms with E-state index in [1.54, 1.807) is 18.2 Å². The van der Waals surface area contributed by atoms with Crippen LogP contribution in [0.3, 0.4) is 0 Å². The summed E-state index contributed by atoms with van der Waals surface area (Å²) >= 11 is 0. The average molecular weight is 253 g/mol. The van der Waals surface area contributed by atoms with Gasteiger partial charge in [0.1, 0.15) is 0 Å². The van der Waals surface area contributed by atoms with Gasteiger partial charge < -0.3 is 0 Å². The third-order valence-corrected chi connectivity index (χ3v) is 4.29. The van der Waals surface area contributed by atoms with E-state index in [4.69, 9.17) is 0 Å². The van der Waals surface area contributed by atoms with Crippen LogP contribution in [0.25, 0.3) is 0 Å². The lowest BCUT2D eigenvalue weighted by atomic mass is 10.1. The van der Waals surface area contributed by atoms with Gasteiger partial charge in [0.2, 0.25) is 10.0 Å². The van der Waals surface area contributed by atoms with Gasteiger partial charge in [0, 0.05) is 0 Å². The second kappa shape index (κ2) is 4.38. The van der Waals surface area contributed by atoms with Gasteiger partial charge in [0.05, 0.1) is 24.4 Å². The van der Waals surface area contributed by atoms with Gasteiger partial charge in [0.15, 0.2) is 11.6 Å². The van der Waals surface area contributed by atoms with Crippen molar-refractivity contribution in [1.29, 1.82) is 0 Å². The Labute approximate surface area is 99.1 Å². The topological polar surface area (TPSA) is 71.5 Å². The van der Waals surface area contributed by atoms with Crippen molar-refractivity contribution in [3.8, 4) is 0 Å². The van der Waals surface area contributed by atoms with Gasteiger partial charge in [-0.1, -0.05) is 18.2 Å². The molecule has 5 nitrogen and oxygen atoms in total. The van der Waals surface area contributed by atoms with E-state index in [2.05, 4.69) is 0 Å². The first-order valence-corrected chi connectivity index (χ1v) is 6.53. The number of carbonyl (C=O) groups excluding carboxylic acids is 2. The second-order valence-corrected chi connectivity index (χ2v) is 5.78. The van der Waals surface area contributed by atoms with Gasteiger partial charge in [-0.2, -0.15) is 4.31 Å². The van der Waals surface area contributed by atoms with Crippen LogP contribution in [-0.2, 0) is 19.6 Å². The summed E-state index contributed by atoms with van der Waals surface area (Å²) in [6.45, 7) is -0.439. The summed E-state index contributed by atoms with van der Waals surface area (Å²) in [5.41, 5.74) is 0. The van der Waals surface area contributed by atoms with Gasteiger partial charge in [-0.25, -0.2) is 8.42 Å². The molecule has 0 aliphatic carbocycles. The van der Waals surface area contributed by atoms with Crippen LogP contribution in [0.5, 0.6) is 0 Å². The van der Waals surface area contributed by atoms with Crippen LogP contribution in [-0.4, -0.2) is 37.4 Å². The fourth-order valence-corrected chi connectivity index (χ4v) is 3.12. The SMILES string of the molecule is O=C1CC(=O)CN(S(=O)(=O)c2ccccc2)C1. The van der Waals surface area contributed by atoms with Gasteiger partial charge >= 0.3 is 0 Å². The lowest BCUT2D eigenvalue weighted by Crippen LogP contribution is -2.44. The molecular formula is C11H11NO4S. The van der Waals surface area contributed by atoms with Crippen LogP contribution in [0.4, 0.5) is 0 Å². The van der Waals surface area contributed by atoms with Crippen LogP contribution in [0.15, 0.2) is 35.2 Å². The van der Waals surface area contributed by atoms with Crippen LogP contribution in [0.1, 0.15) is 6.42 Å². The number of sulfonamides is 1. The molecule has 0 aromatic heterocycles. The molecule has 1 aromatic rings. The summed E-state index contributed by atoms with van der Waals surface area (Å²) in [5, 5.41) is 0. The molecule has 1 aromatic carbocycles. The maximum absolute atomic E-state index is 12.1. The predicted molar refractivity (Wildman–Crippen MR) is 59.8 cm³/mol. The fraction of sp³-hybridized carbons (Fsp3) is 0.273. The standard InChI is InChI=1S/C11H11NO4S/c13-9-6-10(14)8-12(7-9)17(15,16)11-4-2-1-3-5-11/h1-5H,6-8H2. The molecule has 1 heterocycles. The molecule has 6 heteroatoms. The molecule has 0 bridgehead atoms. The van der Waals surface area contributed by atoms with E-state index in [0.29, 0.717) is 0 Å². The molecule has 17 heavy (non-hydrogen) atoms. The van der Waals surface area contributed by atoms with Crippen LogP contribution < -0.4 is 0 Å². The first-order valence-electron chi connectivity index (χ1n) is 5.09. The quantitative estimate of drug-likeness (QED) is 0.707. The van der Waals surface area contributed by atoms with Gasteiger partial charge in [-0.05, 0) is 12.1 Å². The first-order chi connectivity index (χ1) is 8.00. The number of hydrogen-bond donors (Lipinski definition) is 0. The average Bonchev–Trinajstić information content (AvgIpc) is 2.29. The molecule has 1 aliphatic rings. The summed E-state index contributed by atoms with van der Waals surface area (Å²) in [5.74, 6) is -0.721. The molecule has 0 amide bonds. The Hall–Kier alpha value is -1.53. The number of benzene rings is 1. The van der Waals surface area contributed by atoms with Crippen molar-refractivity contribution in [1.82, 2.24) is 4.31 Å². The Bertz CT molecular complexity index is 534. The number of Topliss-reactive ketones (excluding diaryl/α,β-unsaturated/α-hetero) is 2. The molecule has 0 spiro atoms. The highest BCUT2D eigenvalue weighted by atomic mass is 32.2. The molecule has 0 saturated carbocycles. The second-order valence-electron chi connectivity index (χ2n) is 3.84. The van der Waals surface area contributed by atoms with Crippen molar-refractivity contribution >= 4 is 21.6 Å². The molecule has 1 fully saturated rings. The monoisotopic (exact) mass is 253 g/mol. The first kappa shape index (κ1) is 11.9. The Balaban J connectivity index is 2.33. The number of hydrogen-bond acceptors (Lipinski definition) is 4. The third kappa shape index (κ3) is 2.42. The predicted octanol–water partition coefficient (Wildman–Crippen LogP) is 0.219. The van der Waals surface area contributed by atoms with Crippen molar-refractivity contribution in [3.63, 3.8) is 0 Å². The van der Waals surface area contributed by atoms with Gasteiger partial charge in [-0.3, -0.25) is 9.59 Å². The number of ketones is 2. The Kier molecular flexibility index (Phi) is 3.08. The highest BCUT2D eigenvalue weighted by Crippen LogP contribution is 2.17. The highest BCUT2D eigenvalue weighted by molar-refractivity contribution is 7.89. The van der Waals surface area contributed by atoms with Crippen LogP contribution in [0.2, 0.25) is 0 Å². The summed E-state index contributed by atoms with van der Waals surface area (Å²) in [6, 6.07) is 7.78. The summed E-state index contributed by atoms with van der Waals surface area (Å²) < 4.78 is 25.1. The lowest BCUT2D eigenvalue weighted by Gasteiger charge is -2.24. The van der Waals surface area contributed by atoms with E-state index < -0.39 is 10.0 Å². The molecule has 0 unspecified atom stereocenters. The fourth-order valence-electron chi connectivity index (χ4n) is 1.69. The van der Waals surface area contributed by atoms with E-state index in [1.165, 1.54) is 12.1 Å². The Morgan fingerprint density at radius 3 is 2.00 bits per heavy atom. The van der Waals surface area contributed by atoms with Crippen molar-refractivity contribution in [2.24, 2.45) is 0 Å². The smallest absolute Gasteiger partial charge is 0.243 e. The molecule has 1 aliphatic heterocycles. The van der Waals surface area contributed by atoms with E-state index in [9.17, 15) is 18.0 Å². The van der Waals surface area contributed by atoms with Crippen molar-refractivity contribution in [2.75, 3.05) is 13.1 Å². The molecule has 2 rings (SSSR count). The lowest BCUT2D eigenvalue weighted by molar-refractivity contribution is -0.130. The molecule has 0 atom stereocenters. The molecule has 1 saturated heterocycles. The van der Waals surface area contributed by atoms with E-state index in [0.717, 1.165) is 4.31 Å². The molecule has 90 valence electrons. The number of piperidine rings is 1. The Morgan fingerprint density at radius 1 is 0.941 bits per heavy atom. The molecule has 0 N–H and O–H groups in total. The maximum Gasteiger partial charge on any atom is 0.243 e. The van der Waals surface area contributed by atoms with Crippen LogP contribution >= 0.6 is 0 Å². The van der Waals surface area contributed by atoms with Gasteiger partial charge in [-0.15, -0.1) is 0 Å². The molecule has 0 radical (unpaired) electrons. The van der Waals surface area contributed by atoms with E-state index in [1.807, 2.05) is 0 Å². The van der Waals surface area contributed by atoms with Crippen molar-refractivity contribution in [2.45, 2.75) is 11.3 Å². The van der Waals surface area contributed by atoms with Gasteiger partial charge in [0.25, 0.3) is 0 Å². The summed E-state index contributed by atoms with van der Waals surface area (Å²) in [4.78, 5) is 22.6. The Morgan fingerprint density at radius 2 is 1.47 bits per heavy atom. The van der Waals surface area contributed by atoms with E-state index >= 15 is 0 Å². The van der Waals surface area contributed by atoms with Crippen LogP contribution in [0, 0.1) is 0 Å². The largest absolute Gasteiger partial charge is 0.298 e. The van der Waals surface area contributed by atoms with E-state index in [-0.39, 0.29) is 36.0 Å². The highest BCUT2D eigenvalue weighted by Gasteiger charge is 2.32. The minimum Gasteiger partial charge on any atom is -0.298 e.